The van der Waals surface area contributed by atoms with E-state index in [-0.39, 0.29) is 33.8 Å². The van der Waals surface area contributed by atoms with Crippen molar-refractivity contribution in [3.63, 3.8) is 0 Å². The molecule has 0 saturated heterocycles. The van der Waals surface area contributed by atoms with E-state index in [9.17, 15) is 18.0 Å². The topological polar surface area (TPSA) is 96.0 Å². The Morgan fingerprint density at radius 1 is 1.03 bits per heavy atom. The Morgan fingerprint density at radius 3 is 2.31 bits per heavy atom. The molecule has 0 bridgehead atoms. The Labute approximate surface area is 235 Å². The summed E-state index contributed by atoms with van der Waals surface area (Å²) in [4.78, 5) is 28.3. The van der Waals surface area contributed by atoms with Crippen molar-refractivity contribution in [1.82, 2.24) is 10.2 Å². The number of carbonyl (C=O) groups excluding carboxylic acids is 2. The molecule has 0 aromatic heterocycles. The summed E-state index contributed by atoms with van der Waals surface area (Å²) in [5.74, 6) is -0.656. The van der Waals surface area contributed by atoms with Crippen LogP contribution >= 0.6 is 11.6 Å². The average molecular weight is 572 g/mol. The second kappa shape index (κ2) is 13.5. The van der Waals surface area contributed by atoms with E-state index in [1.807, 2.05) is 38.1 Å². The van der Waals surface area contributed by atoms with Crippen molar-refractivity contribution in [3.8, 4) is 5.75 Å². The predicted molar refractivity (Wildman–Crippen MR) is 153 cm³/mol. The van der Waals surface area contributed by atoms with Crippen LogP contribution in [0.2, 0.25) is 5.02 Å². The van der Waals surface area contributed by atoms with Crippen molar-refractivity contribution < 1.29 is 22.7 Å². The number of rotatable bonds is 12. The number of hydrogen-bond donors (Lipinski definition) is 1. The van der Waals surface area contributed by atoms with Gasteiger partial charge in [-0.2, -0.15) is 0 Å². The van der Waals surface area contributed by atoms with Gasteiger partial charge in [-0.05, 0) is 56.2 Å². The molecule has 0 aliphatic heterocycles. The summed E-state index contributed by atoms with van der Waals surface area (Å²) < 4.78 is 34.2. The van der Waals surface area contributed by atoms with Crippen LogP contribution in [0.1, 0.15) is 31.4 Å². The van der Waals surface area contributed by atoms with Crippen molar-refractivity contribution in [1.29, 1.82) is 0 Å². The highest BCUT2D eigenvalue weighted by molar-refractivity contribution is 7.92. The minimum absolute atomic E-state index is 0.00125. The van der Waals surface area contributed by atoms with Gasteiger partial charge < -0.3 is 15.0 Å². The number of amides is 2. The highest BCUT2D eigenvalue weighted by Gasteiger charge is 2.33. The maximum atomic E-state index is 13.9. The number of halogens is 1. The number of sulfonamides is 1. The highest BCUT2D eigenvalue weighted by atomic mass is 35.5. The van der Waals surface area contributed by atoms with E-state index in [2.05, 4.69) is 5.32 Å². The molecule has 0 unspecified atom stereocenters. The van der Waals surface area contributed by atoms with Crippen LogP contribution in [0.15, 0.2) is 77.7 Å². The predicted octanol–water partition coefficient (Wildman–Crippen LogP) is 4.80. The quantitative estimate of drug-likeness (QED) is 0.337. The van der Waals surface area contributed by atoms with Crippen molar-refractivity contribution in [2.75, 3.05) is 24.5 Å². The van der Waals surface area contributed by atoms with Gasteiger partial charge in [-0.1, -0.05) is 66.6 Å². The molecular formula is C29H34ClN3O5S. The summed E-state index contributed by atoms with van der Waals surface area (Å²) in [5.41, 5.74) is 1.97. The van der Waals surface area contributed by atoms with Crippen LogP contribution in [-0.2, 0) is 26.2 Å². The van der Waals surface area contributed by atoms with Gasteiger partial charge in [0.05, 0.1) is 17.7 Å². The smallest absolute Gasteiger partial charge is 0.264 e. The summed E-state index contributed by atoms with van der Waals surface area (Å²) in [6.07, 6.45) is 0.738. The molecule has 2 amide bonds. The standard InChI is InChI=1S/C29H34ClN3O5S/c1-5-17-31-29(35)22(3)32(19-23-13-11-21(2)12-14-23)28(34)20-33(26-18-24(30)15-16-27(26)38-4)39(36,37)25-9-7-6-8-10-25/h6-16,18,22H,5,17,19-20H2,1-4H3,(H,31,35)/t22-/m0/s1. The lowest BCUT2D eigenvalue weighted by Gasteiger charge is -2.32. The van der Waals surface area contributed by atoms with Crippen molar-refractivity contribution in [2.45, 2.75) is 44.7 Å². The number of nitrogens with zero attached hydrogens (tertiary/aromatic N) is 2. The number of benzene rings is 3. The molecular weight excluding hydrogens is 538 g/mol. The molecule has 0 aliphatic rings. The fraction of sp³-hybridized carbons (Fsp3) is 0.310. The molecule has 39 heavy (non-hydrogen) atoms. The Kier molecular flexibility index (Phi) is 10.4. The average Bonchev–Trinajstić information content (AvgIpc) is 2.94. The fourth-order valence-electron chi connectivity index (χ4n) is 3.96. The van der Waals surface area contributed by atoms with Crippen LogP contribution in [0.5, 0.6) is 5.75 Å². The molecule has 0 radical (unpaired) electrons. The molecule has 1 atom stereocenters. The monoisotopic (exact) mass is 571 g/mol. The van der Waals surface area contributed by atoms with Gasteiger partial charge in [0.25, 0.3) is 10.0 Å². The molecule has 1 N–H and O–H groups in total. The lowest BCUT2D eigenvalue weighted by atomic mass is 10.1. The number of carbonyl (C=O) groups is 2. The molecule has 3 rings (SSSR count). The third-order valence-electron chi connectivity index (χ3n) is 6.21. The summed E-state index contributed by atoms with van der Waals surface area (Å²) in [5, 5.41) is 3.10. The maximum Gasteiger partial charge on any atom is 0.264 e. The second-order valence-corrected chi connectivity index (χ2v) is 11.4. The van der Waals surface area contributed by atoms with Gasteiger partial charge in [0, 0.05) is 18.1 Å². The van der Waals surface area contributed by atoms with Crippen LogP contribution < -0.4 is 14.4 Å². The molecule has 208 valence electrons. The zero-order chi connectivity index (χ0) is 28.6. The number of nitrogens with one attached hydrogen (secondary N) is 1. The van der Waals surface area contributed by atoms with Gasteiger partial charge in [0.1, 0.15) is 18.3 Å². The van der Waals surface area contributed by atoms with E-state index in [0.29, 0.717) is 6.54 Å². The van der Waals surface area contributed by atoms with Gasteiger partial charge >= 0.3 is 0 Å². The molecule has 8 nitrogen and oxygen atoms in total. The Bertz CT molecular complexity index is 1380. The third-order valence-corrected chi connectivity index (χ3v) is 8.22. The Morgan fingerprint density at radius 2 is 1.69 bits per heavy atom. The van der Waals surface area contributed by atoms with Crippen LogP contribution in [0, 0.1) is 6.92 Å². The number of aryl methyl sites for hydroxylation is 1. The molecule has 10 heteroatoms. The first-order valence-corrected chi connectivity index (χ1v) is 14.4. The van der Waals surface area contributed by atoms with E-state index < -0.39 is 28.5 Å². The number of anilines is 1. The molecule has 3 aromatic rings. The van der Waals surface area contributed by atoms with Gasteiger partial charge in [-0.3, -0.25) is 13.9 Å². The molecule has 0 saturated carbocycles. The lowest BCUT2D eigenvalue weighted by molar-refractivity contribution is -0.139. The zero-order valence-electron chi connectivity index (χ0n) is 22.6. The minimum atomic E-state index is -4.22. The Balaban J connectivity index is 2.07. The minimum Gasteiger partial charge on any atom is -0.495 e. The summed E-state index contributed by atoms with van der Waals surface area (Å²) >= 11 is 6.25. The van der Waals surface area contributed by atoms with E-state index in [1.165, 1.54) is 30.2 Å². The highest BCUT2D eigenvalue weighted by Crippen LogP contribution is 2.35. The normalized spacial score (nSPS) is 11.9. The van der Waals surface area contributed by atoms with E-state index in [0.717, 1.165) is 21.9 Å². The van der Waals surface area contributed by atoms with Crippen molar-refractivity contribution in [2.24, 2.45) is 0 Å². The van der Waals surface area contributed by atoms with Crippen LogP contribution in [0.4, 0.5) is 5.69 Å². The number of ether oxygens (including phenoxy) is 1. The molecule has 0 spiro atoms. The van der Waals surface area contributed by atoms with Crippen LogP contribution in [0.3, 0.4) is 0 Å². The van der Waals surface area contributed by atoms with E-state index in [4.69, 9.17) is 16.3 Å². The SMILES string of the molecule is CCCNC(=O)[C@H](C)N(Cc1ccc(C)cc1)C(=O)CN(c1cc(Cl)ccc1OC)S(=O)(=O)c1ccccc1. The number of methoxy groups -OCH3 is 1. The molecule has 0 fully saturated rings. The zero-order valence-corrected chi connectivity index (χ0v) is 24.1. The first kappa shape index (κ1) is 30.0. The largest absolute Gasteiger partial charge is 0.495 e. The van der Waals surface area contributed by atoms with Gasteiger partial charge in [0.15, 0.2) is 0 Å². The molecule has 0 aliphatic carbocycles. The lowest BCUT2D eigenvalue weighted by Crippen LogP contribution is -2.51. The maximum absolute atomic E-state index is 13.9. The van der Waals surface area contributed by atoms with Gasteiger partial charge in [-0.25, -0.2) is 8.42 Å². The second-order valence-electron chi connectivity index (χ2n) is 9.12. The molecule has 0 heterocycles. The first-order chi connectivity index (χ1) is 18.6. The first-order valence-electron chi connectivity index (χ1n) is 12.6. The summed E-state index contributed by atoms with van der Waals surface area (Å²) in [6, 6.07) is 19.1. The summed E-state index contributed by atoms with van der Waals surface area (Å²) in [7, 11) is -2.82. The van der Waals surface area contributed by atoms with Crippen LogP contribution in [-0.4, -0.2) is 51.4 Å². The van der Waals surface area contributed by atoms with E-state index in [1.54, 1.807) is 37.3 Å². The number of hydrogen-bond acceptors (Lipinski definition) is 5. The van der Waals surface area contributed by atoms with Gasteiger partial charge in [-0.15, -0.1) is 0 Å². The van der Waals surface area contributed by atoms with Gasteiger partial charge in [0.2, 0.25) is 11.8 Å². The Hall–Kier alpha value is -3.56. The molecule has 3 aromatic carbocycles. The summed E-state index contributed by atoms with van der Waals surface area (Å²) in [6.45, 7) is 5.52. The van der Waals surface area contributed by atoms with E-state index >= 15 is 0 Å². The fourth-order valence-corrected chi connectivity index (χ4v) is 5.56. The van der Waals surface area contributed by atoms with Crippen LogP contribution in [0.25, 0.3) is 0 Å². The third kappa shape index (κ3) is 7.52. The van der Waals surface area contributed by atoms with Crippen molar-refractivity contribution in [3.05, 3.63) is 88.9 Å². The van der Waals surface area contributed by atoms with Crippen molar-refractivity contribution >= 4 is 39.1 Å².